The van der Waals surface area contributed by atoms with Crippen molar-refractivity contribution >= 4 is 23.5 Å². The second-order valence-electron chi connectivity index (χ2n) is 6.18. The summed E-state index contributed by atoms with van der Waals surface area (Å²) in [7, 11) is 1.71. The zero-order valence-corrected chi connectivity index (χ0v) is 14.0. The lowest BCUT2D eigenvalue weighted by Gasteiger charge is -2.28. The van der Waals surface area contributed by atoms with Gasteiger partial charge in [0.1, 0.15) is 5.75 Å². The molecule has 0 saturated carbocycles. The molecule has 7 nitrogen and oxygen atoms in total. The number of ether oxygens (including phenoxy) is 1. The summed E-state index contributed by atoms with van der Waals surface area (Å²) < 4.78 is 5.62. The number of carboxylic acids is 1. The number of nitrogens with zero attached hydrogens (tertiary/aromatic N) is 1. The van der Waals surface area contributed by atoms with Crippen molar-refractivity contribution in [2.45, 2.75) is 32.8 Å². The van der Waals surface area contributed by atoms with E-state index in [1.165, 1.54) is 18.2 Å². The number of nitrogens with one attached hydrogen (secondary N) is 1. The fraction of sp³-hybridized carbons (Fsp3) is 0.471. The van der Waals surface area contributed by atoms with Crippen LogP contribution in [-0.2, 0) is 9.59 Å². The highest BCUT2D eigenvalue weighted by molar-refractivity contribution is 5.98. The topological polar surface area (TPSA) is 95.9 Å². The molecule has 130 valence electrons. The van der Waals surface area contributed by atoms with E-state index in [2.05, 4.69) is 5.32 Å². The molecule has 1 unspecified atom stereocenters. The van der Waals surface area contributed by atoms with E-state index in [4.69, 9.17) is 9.84 Å². The van der Waals surface area contributed by atoms with E-state index in [9.17, 15) is 14.4 Å². The predicted octanol–water partition coefficient (Wildman–Crippen LogP) is 1.98. The molecule has 0 aliphatic carbocycles. The van der Waals surface area contributed by atoms with Crippen molar-refractivity contribution in [3.63, 3.8) is 0 Å². The Morgan fingerprint density at radius 2 is 2.08 bits per heavy atom. The van der Waals surface area contributed by atoms with Gasteiger partial charge in [-0.3, -0.25) is 9.59 Å². The quantitative estimate of drug-likeness (QED) is 0.858. The molecule has 1 heterocycles. The number of benzene rings is 1. The minimum absolute atomic E-state index is 0.0564. The Kier molecular flexibility index (Phi) is 5.43. The standard InChI is InChI=1S/C17H22N2O5/c1-10(2)24-14-5-4-12(17(22)23)8-13(14)18-16(21)11-6-7-19(3)15(20)9-11/h4-5,8,10-11H,6-7,9H2,1-3H3,(H,18,21)(H,22,23). The summed E-state index contributed by atoms with van der Waals surface area (Å²) in [5.74, 6) is -1.47. The largest absolute Gasteiger partial charge is 0.489 e. The summed E-state index contributed by atoms with van der Waals surface area (Å²) in [5.41, 5.74) is 0.362. The first-order valence-corrected chi connectivity index (χ1v) is 7.86. The smallest absolute Gasteiger partial charge is 0.335 e. The van der Waals surface area contributed by atoms with Crippen LogP contribution in [0, 0.1) is 5.92 Å². The lowest BCUT2D eigenvalue weighted by atomic mass is 9.95. The highest BCUT2D eigenvalue weighted by Gasteiger charge is 2.29. The molecule has 0 radical (unpaired) electrons. The lowest BCUT2D eigenvalue weighted by molar-refractivity contribution is -0.137. The summed E-state index contributed by atoms with van der Waals surface area (Å²) in [4.78, 5) is 37.0. The number of hydrogen-bond donors (Lipinski definition) is 2. The van der Waals surface area contributed by atoms with Gasteiger partial charge in [-0.15, -0.1) is 0 Å². The third kappa shape index (κ3) is 4.24. The van der Waals surface area contributed by atoms with E-state index in [1.807, 2.05) is 13.8 Å². The fourth-order valence-electron chi connectivity index (χ4n) is 2.52. The van der Waals surface area contributed by atoms with Gasteiger partial charge in [0.25, 0.3) is 0 Å². The number of carbonyl (C=O) groups is 3. The highest BCUT2D eigenvalue weighted by atomic mass is 16.5. The molecular formula is C17H22N2O5. The number of anilines is 1. The molecule has 2 amide bonds. The van der Waals surface area contributed by atoms with Crippen LogP contribution in [0.4, 0.5) is 5.69 Å². The van der Waals surface area contributed by atoms with Crippen LogP contribution in [0.15, 0.2) is 18.2 Å². The summed E-state index contributed by atoms with van der Waals surface area (Å²) >= 11 is 0. The third-order valence-electron chi connectivity index (χ3n) is 3.88. The first kappa shape index (κ1) is 17.8. The van der Waals surface area contributed by atoms with E-state index in [1.54, 1.807) is 11.9 Å². The Morgan fingerprint density at radius 1 is 1.38 bits per heavy atom. The van der Waals surface area contributed by atoms with Crippen LogP contribution in [-0.4, -0.2) is 47.5 Å². The maximum atomic E-state index is 12.5. The van der Waals surface area contributed by atoms with E-state index in [0.717, 1.165) is 0 Å². The second kappa shape index (κ2) is 7.33. The summed E-state index contributed by atoms with van der Waals surface area (Å²) in [6.07, 6.45) is 0.607. The van der Waals surface area contributed by atoms with Crippen LogP contribution in [0.2, 0.25) is 0 Å². The van der Waals surface area contributed by atoms with Crippen molar-refractivity contribution < 1.29 is 24.2 Å². The molecular weight excluding hydrogens is 312 g/mol. The number of likely N-dealkylation sites (tertiary alicyclic amines) is 1. The Bertz CT molecular complexity index is 656. The normalized spacial score (nSPS) is 17.8. The van der Waals surface area contributed by atoms with Gasteiger partial charge < -0.3 is 20.1 Å². The molecule has 1 fully saturated rings. The molecule has 1 aliphatic rings. The van der Waals surface area contributed by atoms with E-state index < -0.39 is 11.9 Å². The first-order valence-electron chi connectivity index (χ1n) is 7.86. The van der Waals surface area contributed by atoms with Gasteiger partial charge >= 0.3 is 5.97 Å². The first-order chi connectivity index (χ1) is 11.3. The van der Waals surface area contributed by atoms with Crippen LogP contribution in [0.25, 0.3) is 0 Å². The zero-order chi connectivity index (χ0) is 17.9. The van der Waals surface area contributed by atoms with Gasteiger partial charge in [0.2, 0.25) is 11.8 Å². The molecule has 0 bridgehead atoms. The molecule has 24 heavy (non-hydrogen) atoms. The van der Waals surface area contributed by atoms with Gasteiger partial charge in [-0.1, -0.05) is 0 Å². The number of piperidine rings is 1. The molecule has 2 rings (SSSR count). The average molecular weight is 334 g/mol. The number of rotatable bonds is 5. The van der Waals surface area contributed by atoms with Crippen LogP contribution in [0.1, 0.15) is 37.0 Å². The van der Waals surface area contributed by atoms with Crippen molar-refractivity contribution in [1.82, 2.24) is 4.90 Å². The Balaban J connectivity index is 2.19. The number of carbonyl (C=O) groups excluding carboxylic acids is 2. The maximum absolute atomic E-state index is 12.5. The van der Waals surface area contributed by atoms with Crippen LogP contribution in [0.3, 0.4) is 0 Å². The molecule has 0 aromatic heterocycles. The van der Waals surface area contributed by atoms with Crippen LogP contribution < -0.4 is 10.1 Å². The van der Waals surface area contributed by atoms with Crippen molar-refractivity contribution in [3.8, 4) is 5.75 Å². The minimum Gasteiger partial charge on any atom is -0.489 e. The number of carboxylic acid groups (broad SMARTS) is 1. The van der Waals surface area contributed by atoms with Crippen LogP contribution >= 0.6 is 0 Å². The minimum atomic E-state index is -1.09. The highest BCUT2D eigenvalue weighted by Crippen LogP contribution is 2.29. The summed E-state index contributed by atoms with van der Waals surface area (Å²) in [6.45, 7) is 4.21. The fourth-order valence-corrected chi connectivity index (χ4v) is 2.52. The molecule has 1 aromatic carbocycles. The number of amides is 2. The average Bonchev–Trinajstić information content (AvgIpc) is 2.50. The van der Waals surface area contributed by atoms with Gasteiger partial charge in [0, 0.05) is 25.9 Å². The van der Waals surface area contributed by atoms with Crippen molar-refractivity contribution in [2.75, 3.05) is 18.9 Å². The monoisotopic (exact) mass is 334 g/mol. The Morgan fingerprint density at radius 3 is 2.67 bits per heavy atom. The Labute approximate surface area is 140 Å². The number of hydrogen-bond acceptors (Lipinski definition) is 4. The maximum Gasteiger partial charge on any atom is 0.335 e. The van der Waals surface area contributed by atoms with Gasteiger partial charge in [0.15, 0.2) is 0 Å². The second-order valence-corrected chi connectivity index (χ2v) is 6.18. The van der Waals surface area contributed by atoms with Crippen molar-refractivity contribution in [1.29, 1.82) is 0 Å². The van der Waals surface area contributed by atoms with Crippen molar-refractivity contribution in [2.24, 2.45) is 5.92 Å². The van der Waals surface area contributed by atoms with E-state index >= 15 is 0 Å². The van der Waals surface area contributed by atoms with Gasteiger partial charge in [-0.2, -0.15) is 0 Å². The number of aromatic carboxylic acids is 1. The molecule has 1 aliphatic heterocycles. The zero-order valence-electron chi connectivity index (χ0n) is 14.0. The molecule has 1 atom stereocenters. The van der Waals surface area contributed by atoms with Crippen LogP contribution in [0.5, 0.6) is 5.75 Å². The summed E-state index contributed by atoms with van der Waals surface area (Å²) in [5, 5.41) is 11.8. The lowest BCUT2D eigenvalue weighted by Crippen LogP contribution is -2.40. The predicted molar refractivity (Wildman–Crippen MR) is 88.2 cm³/mol. The summed E-state index contributed by atoms with van der Waals surface area (Å²) in [6, 6.07) is 4.32. The van der Waals surface area contributed by atoms with Gasteiger partial charge in [-0.05, 0) is 38.5 Å². The SMILES string of the molecule is CC(C)Oc1ccc(C(=O)O)cc1NC(=O)C1CCN(C)C(=O)C1. The Hall–Kier alpha value is -2.57. The van der Waals surface area contributed by atoms with Gasteiger partial charge in [0.05, 0.1) is 17.4 Å². The molecule has 2 N–H and O–H groups in total. The molecule has 7 heteroatoms. The van der Waals surface area contributed by atoms with Crippen molar-refractivity contribution in [3.05, 3.63) is 23.8 Å². The third-order valence-corrected chi connectivity index (χ3v) is 3.88. The molecule has 1 saturated heterocycles. The van der Waals surface area contributed by atoms with E-state index in [-0.39, 0.29) is 29.9 Å². The molecule has 1 aromatic rings. The molecule has 0 spiro atoms. The van der Waals surface area contributed by atoms with E-state index in [0.29, 0.717) is 24.4 Å². The van der Waals surface area contributed by atoms with Gasteiger partial charge in [-0.25, -0.2) is 4.79 Å².